The van der Waals surface area contributed by atoms with Gasteiger partial charge >= 0.3 is 0 Å². The van der Waals surface area contributed by atoms with E-state index in [1.54, 1.807) is 6.20 Å². The molecule has 0 amide bonds. The second-order valence-electron chi connectivity index (χ2n) is 7.75. The number of aromatic nitrogens is 4. The van der Waals surface area contributed by atoms with Crippen molar-refractivity contribution in [1.82, 2.24) is 19.7 Å². The Labute approximate surface area is 147 Å². The predicted octanol–water partition coefficient (Wildman–Crippen LogP) is 2.10. The topological polar surface area (TPSA) is 79.1 Å². The quantitative estimate of drug-likeness (QED) is 0.887. The Hall–Kier alpha value is -2.15. The summed E-state index contributed by atoms with van der Waals surface area (Å²) in [6.07, 6.45) is 8.64. The largest absolute Gasteiger partial charge is 0.396 e. The number of nitrogens with zero attached hydrogens (tertiary/aromatic N) is 5. The number of aliphatic hydroxyl groups is 1. The maximum atomic E-state index is 9.75. The summed E-state index contributed by atoms with van der Waals surface area (Å²) >= 11 is 0. The van der Waals surface area contributed by atoms with Crippen molar-refractivity contribution in [3.8, 4) is 0 Å². The molecule has 7 heteroatoms. The van der Waals surface area contributed by atoms with Crippen LogP contribution in [0.25, 0.3) is 0 Å². The highest BCUT2D eigenvalue weighted by Crippen LogP contribution is 2.48. The van der Waals surface area contributed by atoms with Crippen molar-refractivity contribution >= 4 is 17.6 Å². The van der Waals surface area contributed by atoms with Crippen LogP contribution in [0.4, 0.5) is 17.6 Å². The van der Waals surface area contributed by atoms with Gasteiger partial charge in [-0.2, -0.15) is 10.1 Å². The van der Waals surface area contributed by atoms with E-state index in [2.05, 4.69) is 31.0 Å². The molecule has 0 aromatic carbocycles. The summed E-state index contributed by atoms with van der Waals surface area (Å²) < 4.78 is 2.10. The summed E-state index contributed by atoms with van der Waals surface area (Å²) in [5, 5.41) is 17.7. The molecule has 7 nitrogen and oxygen atoms in total. The van der Waals surface area contributed by atoms with E-state index in [1.165, 1.54) is 18.5 Å². The number of aryl methyl sites for hydroxylation is 2. The molecule has 0 radical (unpaired) electrons. The minimum Gasteiger partial charge on any atom is -0.396 e. The highest BCUT2D eigenvalue weighted by Gasteiger charge is 2.49. The molecule has 1 saturated carbocycles. The van der Waals surface area contributed by atoms with Crippen LogP contribution in [0.2, 0.25) is 0 Å². The molecule has 2 N–H and O–H groups in total. The number of hydrogen-bond acceptors (Lipinski definition) is 6. The lowest BCUT2D eigenvalue weighted by Gasteiger charge is -2.31. The first kappa shape index (κ1) is 15.1. The molecule has 4 heterocycles. The lowest BCUT2D eigenvalue weighted by atomic mass is 9.89. The zero-order valence-electron chi connectivity index (χ0n) is 14.4. The molecule has 2 aromatic rings. The second kappa shape index (κ2) is 5.69. The molecular weight excluding hydrogens is 316 g/mol. The van der Waals surface area contributed by atoms with Gasteiger partial charge in [0.1, 0.15) is 5.82 Å². The predicted molar refractivity (Wildman–Crippen MR) is 95.0 cm³/mol. The van der Waals surface area contributed by atoms with Crippen LogP contribution in [-0.2, 0) is 13.0 Å². The molecule has 2 unspecified atom stereocenters. The second-order valence-corrected chi connectivity index (χ2v) is 7.75. The van der Waals surface area contributed by atoms with Crippen LogP contribution in [0.3, 0.4) is 0 Å². The molecule has 0 spiro atoms. The highest BCUT2D eigenvalue weighted by molar-refractivity contribution is 5.54. The van der Waals surface area contributed by atoms with Crippen LogP contribution in [-0.4, -0.2) is 44.0 Å². The summed E-state index contributed by atoms with van der Waals surface area (Å²) in [6, 6.07) is 4.47. The minimum atomic E-state index is 0.0559. The van der Waals surface area contributed by atoms with Gasteiger partial charge in [-0.15, -0.1) is 0 Å². The van der Waals surface area contributed by atoms with Crippen molar-refractivity contribution in [3.05, 3.63) is 24.0 Å². The van der Waals surface area contributed by atoms with Gasteiger partial charge in [0, 0.05) is 42.5 Å². The normalized spacial score (nSPS) is 27.6. The molecule has 2 fully saturated rings. The first-order chi connectivity index (χ1) is 12.2. The first-order valence-electron chi connectivity index (χ1n) is 9.29. The van der Waals surface area contributed by atoms with Crippen molar-refractivity contribution in [3.63, 3.8) is 0 Å². The fourth-order valence-electron chi connectivity index (χ4n) is 4.67. The number of aliphatic hydroxyl groups excluding tert-OH is 1. The van der Waals surface area contributed by atoms with Gasteiger partial charge in [0.25, 0.3) is 0 Å². The summed E-state index contributed by atoms with van der Waals surface area (Å²) in [7, 11) is 0. The van der Waals surface area contributed by atoms with Crippen molar-refractivity contribution in [2.24, 2.45) is 5.41 Å². The average Bonchev–Trinajstić information content (AvgIpc) is 3.34. The van der Waals surface area contributed by atoms with Gasteiger partial charge in [-0.1, -0.05) is 0 Å². The van der Waals surface area contributed by atoms with Gasteiger partial charge < -0.3 is 15.3 Å². The number of nitrogens with one attached hydrogen (secondary N) is 1. The van der Waals surface area contributed by atoms with Crippen LogP contribution in [0.5, 0.6) is 0 Å². The van der Waals surface area contributed by atoms with Gasteiger partial charge in [-0.25, -0.2) is 4.98 Å². The van der Waals surface area contributed by atoms with Gasteiger partial charge in [0.05, 0.1) is 6.61 Å². The van der Waals surface area contributed by atoms with E-state index in [4.69, 9.17) is 4.98 Å². The third-order valence-corrected chi connectivity index (χ3v) is 6.03. The zero-order chi connectivity index (χ0) is 16.9. The third-order valence-electron chi connectivity index (χ3n) is 6.03. The van der Waals surface area contributed by atoms with Gasteiger partial charge in [-0.05, 0) is 44.6 Å². The summed E-state index contributed by atoms with van der Waals surface area (Å²) in [6.45, 7) is 2.12. The molecule has 25 heavy (non-hydrogen) atoms. The molecule has 1 aliphatic carbocycles. The van der Waals surface area contributed by atoms with Crippen LogP contribution in [0, 0.1) is 5.41 Å². The molecule has 2 bridgehead atoms. The molecular formula is C18H24N6O. The minimum absolute atomic E-state index is 0.0559. The lowest BCUT2D eigenvalue weighted by molar-refractivity contribution is 0.148. The Morgan fingerprint density at radius 3 is 3.12 bits per heavy atom. The Kier molecular flexibility index (Phi) is 3.45. The molecule has 3 aliphatic rings. The SMILES string of the molecule is OCC12CCC(C1)N(c1nccc(Nc3cc4n(n3)CCCC4)n1)C2. The summed E-state index contributed by atoms with van der Waals surface area (Å²) in [5.74, 6) is 2.39. The Balaban J connectivity index is 1.36. The maximum absolute atomic E-state index is 9.75. The van der Waals surface area contributed by atoms with E-state index in [1.807, 2.05) is 6.07 Å². The van der Waals surface area contributed by atoms with Gasteiger partial charge in [0.2, 0.25) is 5.95 Å². The van der Waals surface area contributed by atoms with Crippen molar-refractivity contribution in [1.29, 1.82) is 0 Å². The van der Waals surface area contributed by atoms with E-state index >= 15 is 0 Å². The molecule has 132 valence electrons. The summed E-state index contributed by atoms with van der Waals surface area (Å²) in [5.41, 5.74) is 1.35. The number of hydrogen-bond donors (Lipinski definition) is 2. The van der Waals surface area contributed by atoms with Crippen LogP contribution in [0.1, 0.15) is 37.8 Å². The van der Waals surface area contributed by atoms with E-state index < -0.39 is 0 Å². The van der Waals surface area contributed by atoms with Crippen molar-refractivity contribution in [2.45, 2.75) is 51.1 Å². The highest BCUT2D eigenvalue weighted by atomic mass is 16.3. The molecule has 1 saturated heterocycles. The smallest absolute Gasteiger partial charge is 0.227 e. The van der Waals surface area contributed by atoms with E-state index in [9.17, 15) is 5.11 Å². The maximum Gasteiger partial charge on any atom is 0.227 e. The average molecular weight is 340 g/mol. The van der Waals surface area contributed by atoms with Crippen molar-refractivity contribution < 1.29 is 5.11 Å². The number of anilines is 3. The van der Waals surface area contributed by atoms with Crippen LogP contribution < -0.4 is 10.2 Å². The fourth-order valence-corrected chi connectivity index (χ4v) is 4.67. The third kappa shape index (κ3) is 2.57. The summed E-state index contributed by atoms with van der Waals surface area (Å²) in [4.78, 5) is 11.5. The van der Waals surface area contributed by atoms with Gasteiger partial charge in [0.15, 0.2) is 5.82 Å². The van der Waals surface area contributed by atoms with E-state index in [0.29, 0.717) is 6.04 Å². The lowest BCUT2D eigenvalue weighted by Crippen LogP contribution is -2.37. The van der Waals surface area contributed by atoms with Crippen LogP contribution >= 0.6 is 0 Å². The Morgan fingerprint density at radius 2 is 2.28 bits per heavy atom. The molecule has 5 rings (SSSR count). The fraction of sp³-hybridized carbons (Fsp3) is 0.611. The molecule has 2 atom stereocenters. The Bertz CT molecular complexity index is 766. The van der Waals surface area contributed by atoms with E-state index in [-0.39, 0.29) is 12.0 Å². The standard InChI is InChI=1S/C18H24N6O/c25-12-18-6-4-14(10-18)23(11-18)17-19-7-5-15(21-17)20-16-9-13-3-1-2-8-24(13)22-16/h5,7,9,14,25H,1-4,6,8,10-12H2,(H,19,20,21,22). The van der Waals surface area contributed by atoms with Gasteiger partial charge in [-0.3, -0.25) is 4.68 Å². The first-order valence-corrected chi connectivity index (χ1v) is 9.29. The van der Waals surface area contributed by atoms with Crippen LogP contribution in [0.15, 0.2) is 18.3 Å². The number of rotatable bonds is 4. The zero-order valence-corrected chi connectivity index (χ0v) is 14.4. The van der Waals surface area contributed by atoms with E-state index in [0.717, 1.165) is 56.4 Å². The Morgan fingerprint density at radius 1 is 1.32 bits per heavy atom. The van der Waals surface area contributed by atoms with Crippen molar-refractivity contribution in [2.75, 3.05) is 23.4 Å². The number of fused-ring (bicyclic) bond motifs is 3. The molecule has 2 aliphatic heterocycles. The molecule has 2 aromatic heterocycles. The monoisotopic (exact) mass is 340 g/mol. The number of piperidine rings is 1.